The molecular weight excluding hydrogens is 362 g/mol. The topological polar surface area (TPSA) is 113 Å². The van der Waals surface area contributed by atoms with Crippen molar-refractivity contribution >= 4 is 12.0 Å². The maximum atomic E-state index is 13.0. The lowest BCUT2D eigenvalue weighted by atomic mass is 10.1. The average Bonchev–Trinajstić information content (AvgIpc) is 3.43. The number of carbonyl (C=O) groups excluding carboxylic acids is 1. The first-order valence-corrected chi connectivity index (χ1v) is 9.09. The van der Waals surface area contributed by atoms with Gasteiger partial charge in [0.05, 0.1) is 24.5 Å². The van der Waals surface area contributed by atoms with E-state index in [0.717, 1.165) is 19.4 Å². The van der Waals surface area contributed by atoms with E-state index in [1.807, 2.05) is 0 Å². The van der Waals surface area contributed by atoms with E-state index in [0.29, 0.717) is 37.0 Å². The van der Waals surface area contributed by atoms with Crippen molar-refractivity contribution in [3.63, 3.8) is 0 Å². The Hall–Kier alpha value is -3.43. The number of nitrogens with zero attached hydrogens (tertiary/aromatic N) is 6. The molecule has 0 saturated carbocycles. The lowest BCUT2D eigenvalue weighted by Gasteiger charge is -2.34. The smallest absolute Gasteiger partial charge is 0.318 e. The van der Waals surface area contributed by atoms with Crippen molar-refractivity contribution in [2.45, 2.75) is 32.0 Å². The minimum absolute atomic E-state index is 0.00201. The zero-order valence-electron chi connectivity index (χ0n) is 15.3. The summed E-state index contributed by atoms with van der Waals surface area (Å²) in [6.45, 7) is 2.16. The maximum Gasteiger partial charge on any atom is 0.318 e. The Morgan fingerprint density at radius 2 is 1.79 bits per heavy atom. The van der Waals surface area contributed by atoms with Crippen LogP contribution in [-0.4, -0.2) is 50.0 Å². The number of piperidine rings is 1. The number of hydrogen-bond acceptors (Lipinski definition) is 8. The Bertz CT molecular complexity index is 818. The average molecular weight is 383 g/mol. The number of nitrogens with one attached hydrogen (secondary N) is 1. The Morgan fingerprint density at radius 3 is 2.39 bits per heavy atom. The van der Waals surface area contributed by atoms with Gasteiger partial charge in [-0.1, -0.05) is 0 Å². The number of amides is 2. The van der Waals surface area contributed by atoms with Gasteiger partial charge in [-0.15, -0.1) is 0 Å². The third-order valence-electron chi connectivity index (χ3n) is 4.54. The highest BCUT2D eigenvalue weighted by Crippen LogP contribution is 2.16. The van der Waals surface area contributed by atoms with Crippen molar-refractivity contribution in [3.05, 3.63) is 55.2 Å². The van der Waals surface area contributed by atoms with Crippen LogP contribution in [0.25, 0.3) is 0 Å². The van der Waals surface area contributed by atoms with Crippen LogP contribution in [0.15, 0.2) is 52.6 Å². The molecule has 0 radical (unpaired) electrons. The zero-order valence-corrected chi connectivity index (χ0v) is 15.3. The van der Waals surface area contributed by atoms with Gasteiger partial charge in [0.15, 0.2) is 12.8 Å². The quantitative estimate of drug-likeness (QED) is 0.686. The van der Waals surface area contributed by atoms with Crippen LogP contribution in [0.2, 0.25) is 0 Å². The Balaban J connectivity index is 1.41. The van der Waals surface area contributed by atoms with Crippen LogP contribution in [0.5, 0.6) is 0 Å². The standard InChI is InChI=1S/C18H21N7O3/c26-18(23-14-3-1-6-24(7-14)17-19-4-2-5-20-17)25(8-15-10-27-12-21-15)9-16-11-28-13-22-16/h2,4-5,10-14H,1,3,6-9H2,(H,23,26). The molecule has 28 heavy (non-hydrogen) atoms. The minimum atomic E-state index is -0.188. The van der Waals surface area contributed by atoms with E-state index in [2.05, 4.69) is 30.2 Å². The molecule has 4 rings (SSSR count). The molecule has 0 aromatic carbocycles. The first kappa shape index (κ1) is 18.0. The van der Waals surface area contributed by atoms with E-state index in [9.17, 15) is 4.79 Å². The van der Waals surface area contributed by atoms with Crippen LogP contribution in [0.4, 0.5) is 10.7 Å². The zero-order chi connectivity index (χ0) is 19.2. The van der Waals surface area contributed by atoms with Crippen molar-refractivity contribution in [1.29, 1.82) is 0 Å². The minimum Gasteiger partial charge on any atom is -0.451 e. The molecule has 1 unspecified atom stereocenters. The number of carbonyl (C=O) groups is 1. The molecule has 0 bridgehead atoms. The third kappa shape index (κ3) is 4.45. The van der Waals surface area contributed by atoms with Gasteiger partial charge in [-0.25, -0.2) is 24.7 Å². The van der Waals surface area contributed by atoms with E-state index in [1.165, 1.54) is 25.3 Å². The van der Waals surface area contributed by atoms with Crippen LogP contribution in [0.1, 0.15) is 24.2 Å². The summed E-state index contributed by atoms with van der Waals surface area (Å²) in [6, 6.07) is 1.60. The molecule has 2 amide bonds. The molecule has 0 aliphatic carbocycles. The van der Waals surface area contributed by atoms with Crippen LogP contribution in [0, 0.1) is 0 Å². The number of aromatic nitrogens is 4. The summed E-state index contributed by atoms with van der Waals surface area (Å²) in [5.74, 6) is 0.684. The first-order chi connectivity index (χ1) is 13.8. The molecule has 1 saturated heterocycles. The van der Waals surface area contributed by atoms with Gasteiger partial charge in [0, 0.05) is 31.5 Å². The maximum absolute atomic E-state index is 13.0. The lowest BCUT2D eigenvalue weighted by molar-refractivity contribution is 0.185. The highest BCUT2D eigenvalue weighted by Gasteiger charge is 2.25. The van der Waals surface area contributed by atoms with Gasteiger partial charge in [-0.05, 0) is 18.9 Å². The van der Waals surface area contributed by atoms with E-state index < -0.39 is 0 Å². The van der Waals surface area contributed by atoms with Crippen LogP contribution in [0.3, 0.4) is 0 Å². The summed E-state index contributed by atoms with van der Waals surface area (Å²) in [7, 11) is 0. The summed E-state index contributed by atoms with van der Waals surface area (Å²) in [5, 5.41) is 3.12. The van der Waals surface area contributed by atoms with Crippen LogP contribution in [-0.2, 0) is 13.1 Å². The van der Waals surface area contributed by atoms with Crippen molar-refractivity contribution in [3.8, 4) is 0 Å². The summed E-state index contributed by atoms with van der Waals surface area (Å²) in [4.78, 5) is 33.5. The fourth-order valence-electron chi connectivity index (χ4n) is 3.22. The second-order valence-electron chi connectivity index (χ2n) is 6.60. The van der Waals surface area contributed by atoms with E-state index in [-0.39, 0.29) is 12.1 Å². The van der Waals surface area contributed by atoms with Crippen LogP contribution < -0.4 is 10.2 Å². The monoisotopic (exact) mass is 383 g/mol. The van der Waals surface area contributed by atoms with Crippen LogP contribution >= 0.6 is 0 Å². The number of anilines is 1. The Labute approximate surface area is 161 Å². The van der Waals surface area contributed by atoms with E-state index in [1.54, 1.807) is 23.4 Å². The lowest BCUT2D eigenvalue weighted by Crippen LogP contribution is -2.51. The number of hydrogen-bond donors (Lipinski definition) is 1. The molecule has 3 aromatic rings. The molecule has 146 valence electrons. The number of urea groups is 1. The van der Waals surface area contributed by atoms with Crippen molar-refractivity contribution in [1.82, 2.24) is 30.2 Å². The van der Waals surface area contributed by atoms with Gasteiger partial charge in [0.2, 0.25) is 5.95 Å². The molecule has 0 spiro atoms. The SMILES string of the molecule is O=C(NC1CCCN(c2ncccn2)C1)N(Cc1cocn1)Cc1cocn1. The normalized spacial score (nSPS) is 16.7. The van der Waals surface area contributed by atoms with Gasteiger partial charge in [0.25, 0.3) is 0 Å². The van der Waals surface area contributed by atoms with Crippen molar-refractivity contribution in [2.24, 2.45) is 0 Å². The van der Waals surface area contributed by atoms with Gasteiger partial charge in [-0.2, -0.15) is 0 Å². The molecule has 1 N–H and O–H groups in total. The highest BCUT2D eigenvalue weighted by atomic mass is 16.3. The number of rotatable bonds is 6. The number of oxazole rings is 2. The molecule has 3 aromatic heterocycles. The van der Waals surface area contributed by atoms with E-state index >= 15 is 0 Å². The predicted octanol–water partition coefficient (Wildman–Crippen LogP) is 1.83. The molecule has 10 heteroatoms. The molecular formula is C18H21N7O3. The van der Waals surface area contributed by atoms with Gasteiger partial charge >= 0.3 is 6.03 Å². The molecule has 1 fully saturated rings. The summed E-state index contributed by atoms with van der Waals surface area (Å²) < 4.78 is 10.0. The van der Waals surface area contributed by atoms with Gasteiger partial charge < -0.3 is 24.0 Å². The third-order valence-corrected chi connectivity index (χ3v) is 4.54. The largest absolute Gasteiger partial charge is 0.451 e. The van der Waals surface area contributed by atoms with E-state index in [4.69, 9.17) is 8.83 Å². The Kier molecular flexibility index (Phi) is 5.46. The van der Waals surface area contributed by atoms with Crippen molar-refractivity contribution < 1.29 is 13.6 Å². The second kappa shape index (κ2) is 8.51. The highest BCUT2D eigenvalue weighted by molar-refractivity contribution is 5.74. The summed E-state index contributed by atoms with van der Waals surface area (Å²) in [5.41, 5.74) is 1.34. The second-order valence-corrected chi connectivity index (χ2v) is 6.60. The summed E-state index contributed by atoms with van der Waals surface area (Å²) in [6.07, 6.45) is 11.0. The van der Waals surface area contributed by atoms with Crippen molar-refractivity contribution in [2.75, 3.05) is 18.0 Å². The first-order valence-electron chi connectivity index (χ1n) is 9.09. The van der Waals surface area contributed by atoms with Gasteiger partial charge in [0.1, 0.15) is 12.5 Å². The molecule has 1 atom stereocenters. The molecule has 4 heterocycles. The predicted molar refractivity (Wildman–Crippen MR) is 98.1 cm³/mol. The fourth-order valence-corrected chi connectivity index (χ4v) is 3.22. The Morgan fingerprint density at radius 1 is 1.11 bits per heavy atom. The molecule has 1 aliphatic heterocycles. The fraction of sp³-hybridized carbons (Fsp3) is 0.389. The summed E-state index contributed by atoms with van der Waals surface area (Å²) >= 11 is 0. The molecule has 1 aliphatic rings. The molecule has 10 nitrogen and oxygen atoms in total. The van der Waals surface area contributed by atoms with Gasteiger partial charge in [-0.3, -0.25) is 0 Å².